The number of hydrogen-bond acceptors (Lipinski definition) is 5. The maximum absolute atomic E-state index is 11.9. The summed E-state index contributed by atoms with van der Waals surface area (Å²) in [4.78, 5) is 23.6. The standard InChI is InChI=1S/C9H10N2O5S2/c1-3-4-6(7(12)13)11-18(15,16)8-5(2)10-9(14)17-8/h1,6,11H,4H2,2H3,(H,10,14)(H,12,13). The van der Waals surface area contributed by atoms with Crippen LogP contribution in [0.1, 0.15) is 12.1 Å². The molecule has 1 unspecified atom stereocenters. The molecule has 1 aromatic rings. The van der Waals surface area contributed by atoms with Crippen molar-refractivity contribution in [2.45, 2.75) is 23.6 Å². The van der Waals surface area contributed by atoms with Crippen LogP contribution in [0, 0.1) is 19.3 Å². The average molecular weight is 290 g/mol. The summed E-state index contributed by atoms with van der Waals surface area (Å²) >= 11 is 0.487. The number of rotatable bonds is 5. The molecule has 0 amide bonds. The first kappa shape index (κ1) is 14.4. The topological polar surface area (TPSA) is 116 Å². The van der Waals surface area contributed by atoms with Gasteiger partial charge >= 0.3 is 10.8 Å². The number of H-pyrrole nitrogens is 1. The van der Waals surface area contributed by atoms with Crippen molar-refractivity contribution in [3.05, 3.63) is 15.4 Å². The van der Waals surface area contributed by atoms with Gasteiger partial charge in [0, 0.05) is 12.1 Å². The summed E-state index contributed by atoms with van der Waals surface area (Å²) in [5.74, 6) is 0.691. The summed E-state index contributed by atoms with van der Waals surface area (Å²) in [5.41, 5.74) is 0.155. The highest BCUT2D eigenvalue weighted by atomic mass is 32.2. The molecule has 0 aromatic carbocycles. The molecule has 1 heterocycles. The van der Waals surface area contributed by atoms with Gasteiger partial charge in [-0.25, -0.2) is 8.42 Å². The van der Waals surface area contributed by atoms with Gasteiger partial charge in [-0.3, -0.25) is 9.59 Å². The molecular formula is C9H10N2O5S2. The highest BCUT2D eigenvalue weighted by Gasteiger charge is 2.27. The number of hydrogen-bond donors (Lipinski definition) is 3. The quantitative estimate of drug-likeness (QED) is 0.632. The number of thiazole rings is 1. The highest BCUT2D eigenvalue weighted by Crippen LogP contribution is 2.16. The third kappa shape index (κ3) is 3.19. The highest BCUT2D eigenvalue weighted by molar-refractivity contribution is 7.91. The van der Waals surface area contributed by atoms with Crippen LogP contribution >= 0.6 is 11.3 Å². The maximum atomic E-state index is 11.9. The monoisotopic (exact) mass is 290 g/mol. The molecule has 1 rings (SSSR count). The van der Waals surface area contributed by atoms with Gasteiger partial charge in [-0.05, 0) is 6.92 Å². The van der Waals surface area contributed by atoms with Gasteiger partial charge in [-0.2, -0.15) is 4.72 Å². The molecule has 7 nitrogen and oxygen atoms in total. The zero-order valence-corrected chi connectivity index (χ0v) is 10.9. The van der Waals surface area contributed by atoms with Crippen LogP contribution in [0.5, 0.6) is 0 Å². The Labute approximate surface area is 107 Å². The van der Waals surface area contributed by atoms with Gasteiger partial charge in [0.05, 0.1) is 0 Å². The number of aliphatic carboxylic acids is 1. The second-order valence-corrected chi connectivity index (χ2v) is 6.24. The molecule has 1 aromatic heterocycles. The predicted octanol–water partition coefficient (Wildman–Crippen LogP) is -0.500. The van der Waals surface area contributed by atoms with E-state index >= 15 is 0 Å². The van der Waals surface area contributed by atoms with Crippen LogP contribution in [0.2, 0.25) is 0 Å². The zero-order valence-electron chi connectivity index (χ0n) is 9.26. The summed E-state index contributed by atoms with van der Waals surface area (Å²) in [6.45, 7) is 1.41. The Morgan fingerprint density at radius 3 is 2.67 bits per heavy atom. The minimum Gasteiger partial charge on any atom is -0.480 e. The van der Waals surface area contributed by atoms with E-state index in [0.717, 1.165) is 0 Å². The summed E-state index contributed by atoms with van der Waals surface area (Å²) in [7, 11) is -4.08. The molecule has 3 N–H and O–H groups in total. The van der Waals surface area contributed by atoms with Gasteiger partial charge in [-0.1, -0.05) is 11.3 Å². The van der Waals surface area contributed by atoms with Gasteiger partial charge in [-0.15, -0.1) is 12.3 Å². The Morgan fingerprint density at radius 2 is 2.28 bits per heavy atom. The third-order valence-corrected chi connectivity index (χ3v) is 5.02. The van der Waals surface area contributed by atoms with E-state index in [1.807, 2.05) is 4.72 Å². The molecule has 0 bridgehead atoms. The molecule has 18 heavy (non-hydrogen) atoms. The van der Waals surface area contributed by atoms with E-state index in [1.54, 1.807) is 0 Å². The van der Waals surface area contributed by atoms with E-state index < -0.39 is 26.9 Å². The van der Waals surface area contributed by atoms with E-state index in [9.17, 15) is 18.0 Å². The molecular weight excluding hydrogens is 280 g/mol. The van der Waals surface area contributed by atoms with Crippen molar-refractivity contribution in [1.82, 2.24) is 9.71 Å². The van der Waals surface area contributed by atoms with Crippen molar-refractivity contribution < 1.29 is 18.3 Å². The van der Waals surface area contributed by atoms with Gasteiger partial charge in [0.1, 0.15) is 6.04 Å². The Bertz CT molecular complexity index is 649. The molecule has 0 spiro atoms. The van der Waals surface area contributed by atoms with Gasteiger partial charge in [0.15, 0.2) is 4.21 Å². The van der Waals surface area contributed by atoms with Crippen LogP contribution in [-0.4, -0.2) is 30.5 Å². The molecule has 0 aliphatic carbocycles. The Kier molecular flexibility index (Phi) is 4.28. The largest absolute Gasteiger partial charge is 0.480 e. The molecule has 0 fully saturated rings. The lowest BCUT2D eigenvalue weighted by atomic mass is 10.2. The summed E-state index contributed by atoms with van der Waals surface area (Å²) in [6, 6.07) is -1.42. The molecule has 98 valence electrons. The number of nitrogens with one attached hydrogen (secondary N) is 2. The van der Waals surface area contributed by atoms with Crippen molar-refractivity contribution in [3.63, 3.8) is 0 Å². The third-order valence-electron chi connectivity index (χ3n) is 1.94. The van der Waals surface area contributed by atoms with Crippen molar-refractivity contribution in [3.8, 4) is 12.3 Å². The average Bonchev–Trinajstić information content (AvgIpc) is 2.57. The van der Waals surface area contributed by atoms with Crippen molar-refractivity contribution in [2.24, 2.45) is 0 Å². The van der Waals surface area contributed by atoms with Gasteiger partial charge in [0.2, 0.25) is 0 Å². The van der Waals surface area contributed by atoms with E-state index in [0.29, 0.717) is 11.3 Å². The first-order valence-electron chi connectivity index (χ1n) is 4.66. The van der Waals surface area contributed by atoms with Gasteiger partial charge < -0.3 is 10.1 Å². The van der Waals surface area contributed by atoms with E-state index in [-0.39, 0.29) is 16.3 Å². The SMILES string of the molecule is C#CCC(NS(=O)(=O)c1sc(=O)[nH]c1C)C(=O)O. The number of aromatic amines is 1. The molecule has 0 saturated carbocycles. The number of aryl methyl sites for hydroxylation is 1. The normalized spacial score (nSPS) is 12.9. The Hall–Kier alpha value is -1.63. The van der Waals surface area contributed by atoms with E-state index in [4.69, 9.17) is 11.5 Å². The smallest absolute Gasteiger partial charge is 0.322 e. The van der Waals surface area contributed by atoms with Gasteiger partial charge in [0.25, 0.3) is 10.0 Å². The fourth-order valence-corrected chi connectivity index (χ4v) is 3.69. The maximum Gasteiger partial charge on any atom is 0.322 e. The molecule has 0 radical (unpaired) electrons. The molecule has 0 aliphatic rings. The minimum atomic E-state index is -4.08. The molecule has 9 heteroatoms. The van der Waals surface area contributed by atoms with Crippen LogP contribution in [-0.2, 0) is 14.8 Å². The summed E-state index contributed by atoms with van der Waals surface area (Å²) in [6.07, 6.45) is 4.67. The van der Waals surface area contributed by atoms with E-state index in [1.165, 1.54) is 6.92 Å². The Morgan fingerprint density at radius 1 is 1.67 bits per heavy atom. The van der Waals surface area contributed by atoms with Crippen LogP contribution in [0.4, 0.5) is 0 Å². The Balaban J connectivity index is 3.09. The number of carbonyl (C=O) groups is 1. The number of carboxylic acid groups (broad SMARTS) is 1. The fourth-order valence-electron chi connectivity index (χ4n) is 1.18. The number of terminal acetylenes is 1. The lowest BCUT2D eigenvalue weighted by Crippen LogP contribution is -2.40. The van der Waals surface area contributed by atoms with Crippen molar-refractivity contribution >= 4 is 27.3 Å². The second-order valence-electron chi connectivity index (χ2n) is 3.35. The van der Waals surface area contributed by atoms with Crippen molar-refractivity contribution in [2.75, 3.05) is 0 Å². The molecule has 1 atom stereocenters. The number of sulfonamides is 1. The summed E-state index contributed by atoms with van der Waals surface area (Å²) in [5, 5.41) is 8.80. The first-order chi connectivity index (χ1) is 8.27. The molecule has 0 aliphatic heterocycles. The lowest BCUT2D eigenvalue weighted by molar-refractivity contribution is -0.138. The lowest BCUT2D eigenvalue weighted by Gasteiger charge is -2.11. The fraction of sp³-hybridized carbons (Fsp3) is 0.333. The predicted molar refractivity (Wildman–Crippen MR) is 64.9 cm³/mol. The number of carboxylic acids is 1. The summed E-state index contributed by atoms with van der Waals surface area (Å²) < 4.78 is 25.4. The van der Waals surface area contributed by atoms with Crippen molar-refractivity contribution in [1.29, 1.82) is 0 Å². The van der Waals surface area contributed by atoms with Crippen LogP contribution < -0.4 is 9.60 Å². The number of aromatic nitrogens is 1. The molecule has 0 saturated heterocycles. The minimum absolute atomic E-state index is 0.155. The zero-order chi connectivity index (χ0) is 13.9. The van der Waals surface area contributed by atoms with Crippen LogP contribution in [0.15, 0.2) is 9.00 Å². The first-order valence-corrected chi connectivity index (χ1v) is 6.96. The second kappa shape index (κ2) is 5.34. The van der Waals surface area contributed by atoms with Crippen LogP contribution in [0.25, 0.3) is 0 Å². The van der Waals surface area contributed by atoms with E-state index in [2.05, 4.69) is 10.9 Å². The van der Waals surface area contributed by atoms with Crippen LogP contribution in [0.3, 0.4) is 0 Å².